The third-order valence-corrected chi connectivity index (χ3v) is 7.25. The second kappa shape index (κ2) is 8.71. The molecule has 2 fully saturated rings. The Hall–Kier alpha value is -0.0400. The molecule has 1 nitrogen and oxygen atoms in total. The lowest BCUT2D eigenvalue weighted by atomic mass is 9.90. The minimum atomic E-state index is 0.469. The first kappa shape index (κ1) is 18.3. The van der Waals surface area contributed by atoms with Crippen molar-refractivity contribution in [3.63, 3.8) is 0 Å². The van der Waals surface area contributed by atoms with Crippen LogP contribution in [-0.4, -0.2) is 6.04 Å². The van der Waals surface area contributed by atoms with Gasteiger partial charge in [-0.3, -0.25) is 0 Å². The van der Waals surface area contributed by atoms with E-state index in [0.29, 0.717) is 6.04 Å². The Bertz CT molecular complexity index is 259. The summed E-state index contributed by atoms with van der Waals surface area (Å²) in [5.74, 6) is 5.81. The van der Waals surface area contributed by atoms with Crippen LogP contribution in [0, 0.1) is 35.5 Å². The first-order chi connectivity index (χ1) is 10.6. The lowest BCUT2D eigenvalue weighted by Gasteiger charge is -2.20. The molecule has 0 heterocycles. The summed E-state index contributed by atoms with van der Waals surface area (Å²) < 4.78 is 0. The molecule has 4 atom stereocenters. The summed E-state index contributed by atoms with van der Waals surface area (Å²) in [5, 5.41) is 0. The zero-order valence-corrected chi connectivity index (χ0v) is 15.7. The van der Waals surface area contributed by atoms with Gasteiger partial charge in [-0.25, -0.2) is 0 Å². The number of rotatable bonds is 8. The topological polar surface area (TPSA) is 26.0 Å². The first-order valence-electron chi connectivity index (χ1n) is 10.4. The van der Waals surface area contributed by atoms with Gasteiger partial charge in [0.05, 0.1) is 0 Å². The van der Waals surface area contributed by atoms with Crippen molar-refractivity contribution in [3.8, 4) is 0 Å². The number of nitrogens with two attached hydrogens (primary N) is 1. The lowest BCUT2D eigenvalue weighted by Crippen LogP contribution is -2.25. The van der Waals surface area contributed by atoms with E-state index in [1.165, 1.54) is 64.2 Å². The van der Waals surface area contributed by atoms with Crippen LogP contribution in [-0.2, 0) is 0 Å². The van der Waals surface area contributed by atoms with Crippen molar-refractivity contribution < 1.29 is 0 Å². The van der Waals surface area contributed by atoms with Crippen LogP contribution < -0.4 is 5.73 Å². The van der Waals surface area contributed by atoms with Gasteiger partial charge in [0.1, 0.15) is 0 Å². The van der Waals surface area contributed by atoms with Crippen molar-refractivity contribution in [2.24, 2.45) is 41.2 Å². The summed E-state index contributed by atoms with van der Waals surface area (Å²) in [7, 11) is 0. The predicted octanol–water partition coefficient (Wildman–Crippen LogP) is 6.02. The molecule has 0 saturated heterocycles. The van der Waals surface area contributed by atoms with Crippen LogP contribution in [0.4, 0.5) is 0 Å². The van der Waals surface area contributed by atoms with E-state index in [4.69, 9.17) is 5.73 Å². The Morgan fingerprint density at radius 2 is 0.909 bits per heavy atom. The zero-order chi connectivity index (χ0) is 16.1. The number of hydrogen-bond acceptors (Lipinski definition) is 1. The van der Waals surface area contributed by atoms with Crippen LogP contribution in [0.5, 0.6) is 0 Å². The van der Waals surface area contributed by atoms with Crippen LogP contribution in [0.3, 0.4) is 0 Å². The fourth-order valence-corrected chi connectivity index (χ4v) is 6.01. The maximum Gasteiger partial charge on any atom is 0.00441 e. The van der Waals surface area contributed by atoms with E-state index in [1.54, 1.807) is 0 Å². The van der Waals surface area contributed by atoms with Gasteiger partial charge in [0, 0.05) is 6.04 Å². The molecule has 2 N–H and O–H groups in total. The largest absolute Gasteiger partial charge is 0.328 e. The minimum Gasteiger partial charge on any atom is -0.328 e. The molecule has 0 aromatic heterocycles. The Labute approximate surface area is 139 Å². The van der Waals surface area contributed by atoms with Gasteiger partial charge in [-0.05, 0) is 74.0 Å². The highest BCUT2D eigenvalue weighted by Crippen LogP contribution is 2.44. The van der Waals surface area contributed by atoms with Crippen LogP contribution in [0.25, 0.3) is 0 Å². The van der Waals surface area contributed by atoms with Gasteiger partial charge in [0.25, 0.3) is 0 Å². The van der Waals surface area contributed by atoms with E-state index in [9.17, 15) is 0 Å². The fraction of sp³-hybridized carbons (Fsp3) is 1.00. The molecule has 2 saturated carbocycles. The molecule has 2 aliphatic rings. The Balaban J connectivity index is 1.76. The van der Waals surface area contributed by atoms with Crippen molar-refractivity contribution in [1.82, 2.24) is 0 Å². The van der Waals surface area contributed by atoms with E-state index in [1.807, 2.05) is 0 Å². The van der Waals surface area contributed by atoms with Crippen molar-refractivity contribution in [2.45, 2.75) is 97.9 Å². The average molecular weight is 308 g/mol. The second-order valence-electron chi connectivity index (χ2n) is 8.58. The molecule has 2 rings (SSSR count). The fourth-order valence-electron chi connectivity index (χ4n) is 6.01. The van der Waals surface area contributed by atoms with Crippen LogP contribution in [0.2, 0.25) is 0 Å². The van der Waals surface area contributed by atoms with Gasteiger partial charge in [-0.1, -0.05) is 53.4 Å². The minimum absolute atomic E-state index is 0.469. The molecule has 0 radical (unpaired) electrons. The molecular formula is C21H41N. The highest BCUT2D eigenvalue weighted by atomic mass is 14.6. The average Bonchev–Trinajstić information content (AvgIpc) is 3.09. The van der Waals surface area contributed by atoms with Crippen LogP contribution in [0.1, 0.15) is 91.9 Å². The van der Waals surface area contributed by atoms with Gasteiger partial charge >= 0.3 is 0 Å². The van der Waals surface area contributed by atoms with Gasteiger partial charge in [-0.2, -0.15) is 0 Å². The Morgan fingerprint density at radius 3 is 1.14 bits per heavy atom. The highest BCUT2D eigenvalue weighted by Gasteiger charge is 2.35. The third kappa shape index (κ3) is 4.49. The van der Waals surface area contributed by atoms with Crippen molar-refractivity contribution in [1.29, 1.82) is 0 Å². The highest BCUT2D eigenvalue weighted by molar-refractivity contribution is 4.87. The standard InChI is InChI=1S/C21H41N/c1-5-17-9-15(10-18(17)6-2)13-21(22)14-16-11-19(7-3)20(8-4)12-16/h15-21H,5-14,22H2,1-4H3. The molecule has 0 spiro atoms. The maximum atomic E-state index is 6.58. The van der Waals surface area contributed by atoms with E-state index in [2.05, 4.69) is 27.7 Å². The summed E-state index contributed by atoms with van der Waals surface area (Å²) in [4.78, 5) is 0. The molecule has 0 amide bonds. The smallest absolute Gasteiger partial charge is 0.00441 e. The van der Waals surface area contributed by atoms with Gasteiger partial charge in [-0.15, -0.1) is 0 Å². The first-order valence-corrected chi connectivity index (χ1v) is 10.4. The zero-order valence-electron chi connectivity index (χ0n) is 15.7. The third-order valence-electron chi connectivity index (χ3n) is 7.25. The monoisotopic (exact) mass is 307 g/mol. The summed E-state index contributed by atoms with van der Waals surface area (Å²) >= 11 is 0. The van der Waals surface area contributed by atoms with Crippen molar-refractivity contribution in [3.05, 3.63) is 0 Å². The molecule has 0 aromatic rings. The SMILES string of the molecule is CCC1CC(CC(N)CC2CC(CC)C(CC)C2)CC1CC. The van der Waals surface area contributed by atoms with Gasteiger partial charge in [0.2, 0.25) is 0 Å². The molecule has 0 aromatic carbocycles. The van der Waals surface area contributed by atoms with E-state index in [0.717, 1.165) is 35.5 Å². The van der Waals surface area contributed by atoms with E-state index < -0.39 is 0 Å². The lowest BCUT2D eigenvalue weighted by molar-refractivity contribution is 0.355. The van der Waals surface area contributed by atoms with E-state index in [-0.39, 0.29) is 0 Å². The maximum absolute atomic E-state index is 6.58. The second-order valence-corrected chi connectivity index (χ2v) is 8.58. The normalized spacial score (nSPS) is 40.2. The molecule has 130 valence electrons. The van der Waals surface area contributed by atoms with Gasteiger partial charge < -0.3 is 5.73 Å². The Kier molecular flexibility index (Phi) is 7.25. The summed E-state index contributed by atoms with van der Waals surface area (Å²) in [6.45, 7) is 9.52. The summed E-state index contributed by atoms with van der Waals surface area (Å²) in [6, 6.07) is 0.469. The molecule has 1 heteroatoms. The molecule has 4 unspecified atom stereocenters. The van der Waals surface area contributed by atoms with E-state index >= 15 is 0 Å². The van der Waals surface area contributed by atoms with Crippen LogP contribution in [0.15, 0.2) is 0 Å². The molecule has 2 aliphatic carbocycles. The Morgan fingerprint density at radius 1 is 0.636 bits per heavy atom. The van der Waals surface area contributed by atoms with Crippen LogP contribution >= 0.6 is 0 Å². The molecule has 0 aliphatic heterocycles. The predicted molar refractivity (Wildman–Crippen MR) is 97.8 cm³/mol. The molecular weight excluding hydrogens is 266 g/mol. The van der Waals surface area contributed by atoms with Crippen molar-refractivity contribution in [2.75, 3.05) is 0 Å². The quantitative estimate of drug-likeness (QED) is 0.583. The molecule has 22 heavy (non-hydrogen) atoms. The summed E-state index contributed by atoms with van der Waals surface area (Å²) in [6.07, 6.45) is 14.0. The molecule has 0 bridgehead atoms. The summed E-state index contributed by atoms with van der Waals surface area (Å²) in [5.41, 5.74) is 6.58. The number of hydrogen-bond donors (Lipinski definition) is 1. The van der Waals surface area contributed by atoms with Crippen molar-refractivity contribution >= 4 is 0 Å². The van der Waals surface area contributed by atoms with Gasteiger partial charge in [0.15, 0.2) is 0 Å².